The van der Waals surface area contributed by atoms with Crippen molar-refractivity contribution in [2.24, 2.45) is 0 Å². The van der Waals surface area contributed by atoms with Crippen molar-refractivity contribution in [1.82, 2.24) is 10.3 Å². The predicted molar refractivity (Wildman–Crippen MR) is 68.3 cm³/mol. The molecule has 0 aliphatic carbocycles. The van der Waals surface area contributed by atoms with Crippen LogP contribution in [-0.4, -0.2) is 50.0 Å². The Hall–Kier alpha value is -1.66. The van der Waals surface area contributed by atoms with E-state index in [2.05, 4.69) is 10.3 Å². The highest BCUT2D eigenvalue weighted by Crippen LogP contribution is 2.16. The fourth-order valence-corrected chi connectivity index (χ4v) is 1.77. The average molecular weight is 266 g/mol. The molecule has 19 heavy (non-hydrogen) atoms. The quantitative estimate of drug-likeness (QED) is 0.788. The molecule has 6 heteroatoms. The van der Waals surface area contributed by atoms with Gasteiger partial charge in [0.05, 0.1) is 13.2 Å². The van der Waals surface area contributed by atoms with Gasteiger partial charge in [0, 0.05) is 19.3 Å². The third-order valence-electron chi connectivity index (χ3n) is 2.68. The van der Waals surface area contributed by atoms with Crippen LogP contribution in [0.5, 0.6) is 5.88 Å². The molecular weight excluding hydrogens is 248 g/mol. The molecule has 0 saturated carbocycles. The zero-order valence-corrected chi connectivity index (χ0v) is 10.9. The van der Waals surface area contributed by atoms with Crippen LogP contribution in [-0.2, 0) is 9.47 Å². The largest absolute Gasteiger partial charge is 0.474 e. The number of hydrogen-bond acceptors (Lipinski definition) is 6. The molecule has 2 rings (SSSR count). The topological polar surface area (TPSA) is 69.7 Å². The Labute approximate surface area is 112 Å². The molecule has 0 amide bonds. The van der Waals surface area contributed by atoms with E-state index in [0.717, 1.165) is 13.1 Å². The van der Waals surface area contributed by atoms with Gasteiger partial charge in [-0.2, -0.15) is 0 Å². The highest BCUT2D eigenvalue weighted by atomic mass is 16.5. The molecule has 1 aliphatic rings. The second-order valence-electron chi connectivity index (χ2n) is 4.08. The number of aromatic nitrogens is 1. The number of carbonyl (C=O) groups excluding carboxylic acids is 1. The molecular formula is C13H18N2O4. The predicted octanol–water partition coefficient (Wildman–Crippen LogP) is 0.625. The van der Waals surface area contributed by atoms with Gasteiger partial charge in [-0.25, -0.2) is 9.78 Å². The lowest BCUT2D eigenvalue weighted by molar-refractivity contribution is -0.00121. The van der Waals surface area contributed by atoms with Crippen LogP contribution < -0.4 is 10.1 Å². The highest BCUT2D eigenvalue weighted by Gasteiger charge is 2.18. The number of hydrogen-bond donors (Lipinski definition) is 1. The van der Waals surface area contributed by atoms with Crippen molar-refractivity contribution in [3.05, 3.63) is 23.9 Å². The first-order chi connectivity index (χ1) is 9.31. The zero-order chi connectivity index (χ0) is 13.5. The molecule has 1 aromatic heterocycles. The van der Waals surface area contributed by atoms with Gasteiger partial charge >= 0.3 is 5.97 Å². The first-order valence-corrected chi connectivity index (χ1v) is 6.38. The SMILES string of the molecule is CCOC(=O)c1cccnc1OCC1CNCCO1. The van der Waals surface area contributed by atoms with E-state index in [1.54, 1.807) is 25.3 Å². The van der Waals surface area contributed by atoms with Gasteiger partial charge in [0.2, 0.25) is 5.88 Å². The molecule has 6 nitrogen and oxygen atoms in total. The first-order valence-electron chi connectivity index (χ1n) is 6.38. The minimum atomic E-state index is -0.423. The maximum atomic E-state index is 11.7. The number of nitrogens with one attached hydrogen (secondary N) is 1. The van der Waals surface area contributed by atoms with Crippen LogP contribution in [0.15, 0.2) is 18.3 Å². The van der Waals surface area contributed by atoms with Gasteiger partial charge in [-0.05, 0) is 19.1 Å². The molecule has 0 aromatic carbocycles. The second-order valence-corrected chi connectivity index (χ2v) is 4.08. The Morgan fingerprint density at radius 2 is 2.53 bits per heavy atom. The van der Waals surface area contributed by atoms with Crippen LogP contribution >= 0.6 is 0 Å². The van der Waals surface area contributed by atoms with Gasteiger partial charge in [0.15, 0.2) is 0 Å². The number of pyridine rings is 1. The molecule has 1 aromatic rings. The van der Waals surface area contributed by atoms with E-state index in [1.807, 2.05) is 0 Å². The van der Waals surface area contributed by atoms with E-state index in [-0.39, 0.29) is 12.0 Å². The molecule has 1 aliphatic heterocycles. The maximum Gasteiger partial charge on any atom is 0.343 e. The van der Waals surface area contributed by atoms with Gasteiger partial charge in [-0.15, -0.1) is 0 Å². The van der Waals surface area contributed by atoms with Crippen LogP contribution in [0.3, 0.4) is 0 Å². The standard InChI is InChI=1S/C13H18N2O4/c1-2-17-13(16)11-4-3-5-15-12(11)19-9-10-8-14-6-7-18-10/h3-5,10,14H,2,6-9H2,1H3. The minimum Gasteiger partial charge on any atom is -0.474 e. The minimum absolute atomic E-state index is 0.0224. The van der Waals surface area contributed by atoms with Crippen molar-refractivity contribution in [3.63, 3.8) is 0 Å². The first kappa shape index (κ1) is 13.8. The van der Waals surface area contributed by atoms with Crippen molar-refractivity contribution >= 4 is 5.97 Å². The van der Waals surface area contributed by atoms with Gasteiger partial charge in [0.25, 0.3) is 0 Å². The fraction of sp³-hybridized carbons (Fsp3) is 0.538. The van der Waals surface area contributed by atoms with Crippen molar-refractivity contribution in [2.45, 2.75) is 13.0 Å². The Bertz CT molecular complexity index is 419. The summed E-state index contributed by atoms with van der Waals surface area (Å²) in [4.78, 5) is 15.8. The number of morpholine rings is 1. The summed E-state index contributed by atoms with van der Waals surface area (Å²) in [7, 11) is 0. The lowest BCUT2D eigenvalue weighted by atomic mass is 10.2. The third kappa shape index (κ3) is 3.90. The number of carbonyl (C=O) groups is 1. The molecule has 2 heterocycles. The molecule has 1 fully saturated rings. The lowest BCUT2D eigenvalue weighted by Gasteiger charge is -2.23. The van der Waals surface area contributed by atoms with Crippen molar-refractivity contribution < 1.29 is 19.0 Å². The normalized spacial score (nSPS) is 18.9. The van der Waals surface area contributed by atoms with Gasteiger partial charge in [-0.1, -0.05) is 0 Å². The smallest absolute Gasteiger partial charge is 0.343 e. The Morgan fingerprint density at radius 1 is 1.63 bits per heavy atom. The lowest BCUT2D eigenvalue weighted by Crippen LogP contribution is -2.41. The van der Waals surface area contributed by atoms with Crippen LogP contribution in [0.4, 0.5) is 0 Å². The Morgan fingerprint density at radius 3 is 3.26 bits per heavy atom. The van der Waals surface area contributed by atoms with E-state index < -0.39 is 5.97 Å². The fourth-order valence-electron chi connectivity index (χ4n) is 1.77. The summed E-state index contributed by atoms with van der Waals surface area (Å²) in [6.45, 7) is 4.70. The summed E-state index contributed by atoms with van der Waals surface area (Å²) < 4.78 is 16.0. The summed E-state index contributed by atoms with van der Waals surface area (Å²) in [5.74, 6) is -0.136. The van der Waals surface area contributed by atoms with E-state index in [4.69, 9.17) is 14.2 Å². The van der Waals surface area contributed by atoms with E-state index in [9.17, 15) is 4.79 Å². The number of nitrogens with zero attached hydrogens (tertiary/aromatic N) is 1. The summed E-state index contributed by atoms with van der Waals surface area (Å²) in [5, 5.41) is 3.21. The van der Waals surface area contributed by atoms with E-state index in [0.29, 0.717) is 25.4 Å². The van der Waals surface area contributed by atoms with Gasteiger partial charge in [-0.3, -0.25) is 0 Å². The number of ether oxygens (including phenoxy) is 3. The molecule has 0 radical (unpaired) electrons. The van der Waals surface area contributed by atoms with Crippen LogP contribution in [0.1, 0.15) is 17.3 Å². The Kier molecular flexibility index (Phi) is 5.11. The van der Waals surface area contributed by atoms with Gasteiger partial charge < -0.3 is 19.5 Å². The summed E-state index contributed by atoms with van der Waals surface area (Å²) in [6.07, 6.45) is 1.56. The molecule has 104 valence electrons. The number of esters is 1. The van der Waals surface area contributed by atoms with E-state index in [1.165, 1.54) is 0 Å². The maximum absolute atomic E-state index is 11.7. The van der Waals surface area contributed by atoms with Crippen LogP contribution in [0, 0.1) is 0 Å². The third-order valence-corrected chi connectivity index (χ3v) is 2.68. The summed E-state index contributed by atoms with van der Waals surface area (Å²) in [5.41, 5.74) is 0.341. The van der Waals surface area contributed by atoms with Crippen LogP contribution in [0.25, 0.3) is 0 Å². The molecule has 1 unspecified atom stereocenters. The Balaban J connectivity index is 1.97. The summed E-state index contributed by atoms with van der Waals surface area (Å²) >= 11 is 0. The van der Waals surface area contributed by atoms with Crippen molar-refractivity contribution in [3.8, 4) is 5.88 Å². The van der Waals surface area contributed by atoms with Gasteiger partial charge in [0.1, 0.15) is 18.3 Å². The monoisotopic (exact) mass is 266 g/mol. The second kappa shape index (κ2) is 7.06. The highest BCUT2D eigenvalue weighted by molar-refractivity contribution is 5.91. The van der Waals surface area contributed by atoms with Crippen molar-refractivity contribution in [1.29, 1.82) is 0 Å². The molecule has 1 saturated heterocycles. The number of rotatable bonds is 5. The van der Waals surface area contributed by atoms with Crippen molar-refractivity contribution in [2.75, 3.05) is 32.9 Å². The van der Waals surface area contributed by atoms with E-state index >= 15 is 0 Å². The molecule has 0 bridgehead atoms. The molecule has 0 spiro atoms. The molecule has 1 N–H and O–H groups in total. The zero-order valence-electron chi connectivity index (χ0n) is 10.9. The molecule has 1 atom stereocenters. The summed E-state index contributed by atoms with van der Waals surface area (Å²) in [6, 6.07) is 3.32. The van der Waals surface area contributed by atoms with Crippen LogP contribution in [0.2, 0.25) is 0 Å². The average Bonchev–Trinajstić information content (AvgIpc) is 2.47.